The summed E-state index contributed by atoms with van der Waals surface area (Å²) in [7, 11) is 1.53. The van der Waals surface area contributed by atoms with E-state index in [1.54, 1.807) is 25.1 Å². The zero-order valence-electron chi connectivity index (χ0n) is 20.4. The number of carbonyl (C=O) groups excluding carboxylic acids is 2. The summed E-state index contributed by atoms with van der Waals surface area (Å²) < 4.78 is 5.46. The van der Waals surface area contributed by atoms with E-state index in [-0.39, 0.29) is 18.4 Å². The van der Waals surface area contributed by atoms with Crippen molar-refractivity contribution >= 4 is 17.5 Å². The molecule has 180 valence electrons. The maximum absolute atomic E-state index is 13.5. The summed E-state index contributed by atoms with van der Waals surface area (Å²) in [5.74, 6) is 0.778. The van der Waals surface area contributed by atoms with Gasteiger partial charge in [0, 0.05) is 12.1 Å². The number of nitrogens with one attached hydrogen (secondary N) is 1. The number of carbonyl (C=O) groups is 2. The van der Waals surface area contributed by atoms with Gasteiger partial charge in [-0.05, 0) is 43.5 Å². The molecule has 0 fully saturated rings. The molecule has 9 nitrogen and oxygen atoms in total. The van der Waals surface area contributed by atoms with Gasteiger partial charge in [-0.1, -0.05) is 55.8 Å². The van der Waals surface area contributed by atoms with Gasteiger partial charge in [-0.25, -0.2) is 0 Å². The Labute approximate surface area is 200 Å². The normalized spacial score (nSPS) is 11.8. The minimum absolute atomic E-state index is 0.180. The molecule has 0 aliphatic heterocycles. The van der Waals surface area contributed by atoms with Crippen LogP contribution in [-0.2, 0) is 16.1 Å². The fourth-order valence-electron chi connectivity index (χ4n) is 3.46. The second-order valence-corrected chi connectivity index (χ2v) is 8.59. The molecule has 0 saturated carbocycles. The molecule has 0 saturated heterocycles. The molecule has 0 bridgehead atoms. The van der Waals surface area contributed by atoms with Crippen molar-refractivity contribution in [3.8, 4) is 17.1 Å². The quantitative estimate of drug-likeness (QED) is 0.494. The number of methoxy groups -OCH3 is 1. The molecule has 0 aliphatic carbocycles. The van der Waals surface area contributed by atoms with E-state index in [0.717, 1.165) is 17.5 Å². The molecule has 0 unspecified atom stereocenters. The van der Waals surface area contributed by atoms with Crippen molar-refractivity contribution < 1.29 is 14.3 Å². The Bertz CT molecular complexity index is 1110. The number of tetrazole rings is 1. The summed E-state index contributed by atoms with van der Waals surface area (Å²) in [6.07, 6.45) is 0.853. The third-order valence-electron chi connectivity index (χ3n) is 5.44. The highest BCUT2D eigenvalue weighted by Gasteiger charge is 2.30. The number of benzene rings is 2. The highest BCUT2D eigenvalue weighted by atomic mass is 16.5. The Morgan fingerprint density at radius 2 is 1.79 bits per heavy atom. The van der Waals surface area contributed by atoms with Crippen LogP contribution in [0.25, 0.3) is 11.4 Å². The molecule has 1 atom stereocenters. The van der Waals surface area contributed by atoms with Crippen LogP contribution >= 0.6 is 0 Å². The molecule has 9 heteroatoms. The zero-order valence-corrected chi connectivity index (χ0v) is 20.4. The van der Waals surface area contributed by atoms with Gasteiger partial charge in [0.2, 0.25) is 11.7 Å². The molecule has 3 rings (SSSR count). The van der Waals surface area contributed by atoms with Crippen LogP contribution in [0.4, 0.5) is 5.69 Å². The lowest BCUT2D eigenvalue weighted by Gasteiger charge is -2.29. The molecule has 1 N–H and O–H groups in total. The van der Waals surface area contributed by atoms with E-state index in [1.807, 2.05) is 37.3 Å². The summed E-state index contributed by atoms with van der Waals surface area (Å²) in [5.41, 5.74) is 2.43. The van der Waals surface area contributed by atoms with Gasteiger partial charge in [0.25, 0.3) is 5.91 Å². The molecular formula is C25H32N6O3. The van der Waals surface area contributed by atoms with Gasteiger partial charge in [0.15, 0.2) is 0 Å². The Hall–Kier alpha value is -3.75. The SMILES string of the molecule is COc1ccccc1N(C(=O)Cn1nnc(-c2ccc(C)cc2)n1)[C@H](C)C(=O)NCCC(C)C. The first-order valence-electron chi connectivity index (χ1n) is 11.4. The molecule has 1 aromatic heterocycles. The number of hydrogen-bond acceptors (Lipinski definition) is 6. The lowest BCUT2D eigenvalue weighted by atomic mass is 10.1. The molecule has 34 heavy (non-hydrogen) atoms. The standard InChI is InChI=1S/C25H32N6O3/c1-17(2)14-15-26-25(33)19(4)31(21-8-6-7-9-22(21)34-5)23(32)16-30-28-24(27-29-30)20-12-10-18(3)11-13-20/h6-13,17,19H,14-16H2,1-5H3,(H,26,33)/t19-/m1/s1. The molecule has 0 spiro atoms. The number of rotatable bonds is 10. The highest BCUT2D eigenvalue weighted by Crippen LogP contribution is 2.29. The number of nitrogens with zero attached hydrogens (tertiary/aromatic N) is 5. The van der Waals surface area contributed by atoms with Crippen LogP contribution < -0.4 is 15.0 Å². The first-order chi connectivity index (χ1) is 16.3. The van der Waals surface area contributed by atoms with Crippen molar-refractivity contribution in [1.82, 2.24) is 25.5 Å². The van der Waals surface area contributed by atoms with E-state index >= 15 is 0 Å². The van der Waals surface area contributed by atoms with Gasteiger partial charge in [0.05, 0.1) is 12.8 Å². The molecule has 2 amide bonds. The average Bonchev–Trinajstić information content (AvgIpc) is 3.28. The van der Waals surface area contributed by atoms with Crippen LogP contribution in [0.3, 0.4) is 0 Å². The summed E-state index contributed by atoms with van der Waals surface area (Å²) in [4.78, 5) is 29.0. The summed E-state index contributed by atoms with van der Waals surface area (Å²) in [6.45, 7) is 8.24. The first-order valence-corrected chi connectivity index (χ1v) is 11.4. The summed E-state index contributed by atoms with van der Waals surface area (Å²) >= 11 is 0. The summed E-state index contributed by atoms with van der Waals surface area (Å²) in [6, 6.07) is 14.1. The predicted octanol–water partition coefficient (Wildman–Crippen LogP) is 3.24. The monoisotopic (exact) mass is 464 g/mol. The van der Waals surface area contributed by atoms with Crippen LogP contribution in [0.5, 0.6) is 5.75 Å². The number of aromatic nitrogens is 4. The number of amides is 2. The lowest BCUT2D eigenvalue weighted by Crippen LogP contribution is -2.49. The van der Waals surface area contributed by atoms with Crippen molar-refractivity contribution in [2.45, 2.75) is 46.7 Å². The van der Waals surface area contributed by atoms with Gasteiger partial charge >= 0.3 is 0 Å². The molecular weight excluding hydrogens is 432 g/mol. The number of aryl methyl sites for hydroxylation is 1. The Morgan fingerprint density at radius 1 is 1.09 bits per heavy atom. The van der Waals surface area contributed by atoms with Crippen molar-refractivity contribution in [3.63, 3.8) is 0 Å². The second-order valence-electron chi connectivity index (χ2n) is 8.59. The van der Waals surface area contributed by atoms with Gasteiger partial charge < -0.3 is 10.1 Å². The lowest BCUT2D eigenvalue weighted by molar-refractivity contribution is -0.126. The number of hydrogen-bond donors (Lipinski definition) is 1. The van der Waals surface area contributed by atoms with Gasteiger partial charge in [0.1, 0.15) is 18.3 Å². The van der Waals surface area contributed by atoms with E-state index in [9.17, 15) is 9.59 Å². The van der Waals surface area contributed by atoms with Crippen molar-refractivity contribution in [2.24, 2.45) is 5.92 Å². The van der Waals surface area contributed by atoms with Crippen molar-refractivity contribution in [2.75, 3.05) is 18.6 Å². The highest BCUT2D eigenvalue weighted by molar-refractivity contribution is 6.01. The fraction of sp³-hybridized carbons (Fsp3) is 0.400. The number of para-hydroxylation sites is 2. The van der Waals surface area contributed by atoms with Crippen LogP contribution in [-0.4, -0.2) is 51.7 Å². The van der Waals surface area contributed by atoms with Crippen LogP contribution in [0.1, 0.15) is 32.8 Å². The van der Waals surface area contributed by atoms with E-state index in [2.05, 4.69) is 34.6 Å². The minimum atomic E-state index is -0.768. The maximum atomic E-state index is 13.5. The van der Waals surface area contributed by atoms with Gasteiger partial charge in [-0.2, -0.15) is 4.80 Å². The molecule has 3 aromatic rings. The van der Waals surface area contributed by atoms with Gasteiger partial charge in [-0.15, -0.1) is 10.2 Å². The van der Waals surface area contributed by atoms with E-state index < -0.39 is 6.04 Å². The van der Waals surface area contributed by atoms with Crippen LogP contribution in [0.2, 0.25) is 0 Å². The topological polar surface area (TPSA) is 102 Å². The van der Waals surface area contributed by atoms with E-state index in [0.29, 0.717) is 29.7 Å². The average molecular weight is 465 g/mol. The largest absolute Gasteiger partial charge is 0.495 e. The zero-order chi connectivity index (χ0) is 24.7. The Morgan fingerprint density at radius 3 is 2.47 bits per heavy atom. The van der Waals surface area contributed by atoms with Gasteiger partial charge in [-0.3, -0.25) is 14.5 Å². The van der Waals surface area contributed by atoms with E-state index in [1.165, 1.54) is 16.8 Å². The van der Waals surface area contributed by atoms with Crippen LogP contribution in [0, 0.1) is 12.8 Å². The van der Waals surface area contributed by atoms with E-state index in [4.69, 9.17) is 4.74 Å². The smallest absolute Gasteiger partial charge is 0.251 e. The summed E-state index contributed by atoms with van der Waals surface area (Å²) in [5, 5.41) is 15.4. The third kappa shape index (κ3) is 6.18. The molecule has 2 aromatic carbocycles. The molecule has 1 heterocycles. The third-order valence-corrected chi connectivity index (χ3v) is 5.44. The molecule has 0 aliphatic rings. The van der Waals surface area contributed by atoms with Crippen LogP contribution in [0.15, 0.2) is 48.5 Å². The predicted molar refractivity (Wildman–Crippen MR) is 130 cm³/mol. The number of anilines is 1. The number of ether oxygens (including phenoxy) is 1. The van der Waals surface area contributed by atoms with Crippen molar-refractivity contribution in [1.29, 1.82) is 0 Å². The fourth-order valence-corrected chi connectivity index (χ4v) is 3.46. The second kappa shape index (κ2) is 11.4. The maximum Gasteiger partial charge on any atom is 0.251 e. The Kier molecular flexibility index (Phi) is 8.34. The first kappa shape index (κ1) is 24.9. The Balaban J connectivity index is 1.83. The molecule has 0 radical (unpaired) electrons. The minimum Gasteiger partial charge on any atom is -0.495 e. The van der Waals surface area contributed by atoms with Crippen molar-refractivity contribution in [3.05, 3.63) is 54.1 Å².